The van der Waals surface area contributed by atoms with E-state index in [0.717, 1.165) is 33.8 Å². The van der Waals surface area contributed by atoms with Gasteiger partial charge < -0.3 is 9.88 Å². The number of anilines is 1. The van der Waals surface area contributed by atoms with Gasteiger partial charge in [0.1, 0.15) is 11.6 Å². The average molecular weight is 500 g/mol. The SMILES string of the molecule is N#C/C(=C\c1cc(-c2ccccc2)n(-c2ccc(Cl)cc2)c1-c1ccccc1)C(=O)Nc1ccccc1. The lowest BCUT2D eigenvalue weighted by Crippen LogP contribution is -2.13. The molecular weight excluding hydrogens is 478 g/mol. The van der Waals surface area contributed by atoms with E-state index in [0.29, 0.717) is 10.7 Å². The topological polar surface area (TPSA) is 57.8 Å². The Balaban J connectivity index is 1.73. The molecule has 0 atom stereocenters. The number of rotatable bonds is 6. The fourth-order valence-electron chi connectivity index (χ4n) is 4.24. The van der Waals surface area contributed by atoms with Crippen LogP contribution in [0.25, 0.3) is 34.3 Å². The fraction of sp³-hybridized carbons (Fsp3) is 0. The quantitative estimate of drug-likeness (QED) is 0.190. The van der Waals surface area contributed by atoms with Crippen LogP contribution in [0.15, 0.2) is 127 Å². The zero-order valence-corrected chi connectivity index (χ0v) is 20.6. The predicted octanol–water partition coefficient (Wildman–Crippen LogP) is 8.01. The number of para-hydroxylation sites is 1. The molecule has 0 fully saturated rings. The van der Waals surface area contributed by atoms with Crippen LogP contribution in [0.2, 0.25) is 5.02 Å². The molecule has 4 nitrogen and oxygen atoms in total. The third kappa shape index (κ3) is 5.23. The maximum Gasteiger partial charge on any atom is 0.266 e. The maximum atomic E-state index is 13.0. The highest BCUT2D eigenvalue weighted by Crippen LogP contribution is 2.37. The first-order valence-corrected chi connectivity index (χ1v) is 12.1. The van der Waals surface area contributed by atoms with E-state index in [9.17, 15) is 10.1 Å². The minimum absolute atomic E-state index is 0.00824. The summed E-state index contributed by atoms with van der Waals surface area (Å²) in [6.07, 6.45) is 1.65. The second-order valence-corrected chi connectivity index (χ2v) is 8.80. The summed E-state index contributed by atoms with van der Waals surface area (Å²) in [5.41, 5.74) is 6.03. The number of carbonyl (C=O) groups excluding carboxylic acids is 1. The summed E-state index contributed by atoms with van der Waals surface area (Å²) in [6.45, 7) is 0. The molecule has 4 aromatic carbocycles. The molecule has 0 saturated carbocycles. The number of benzene rings is 4. The summed E-state index contributed by atoms with van der Waals surface area (Å²) in [4.78, 5) is 13.0. The number of nitrogens with one attached hydrogen (secondary N) is 1. The molecule has 178 valence electrons. The molecule has 1 heterocycles. The van der Waals surface area contributed by atoms with Gasteiger partial charge in [0.15, 0.2) is 0 Å². The third-order valence-electron chi connectivity index (χ3n) is 5.93. The van der Waals surface area contributed by atoms with Crippen LogP contribution in [-0.2, 0) is 4.79 Å². The zero-order chi connectivity index (χ0) is 25.6. The van der Waals surface area contributed by atoms with Crippen LogP contribution in [0.1, 0.15) is 5.56 Å². The van der Waals surface area contributed by atoms with Crippen LogP contribution in [-0.4, -0.2) is 10.5 Å². The standard InChI is InChI=1S/C32H22ClN3O/c33-27-16-18-29(19-17-27)36-30(23-10-4-1-5-11-23)21-25(31(36)24-12-6-2-7-13-24)20-26(22-34)32(37)35-28-14-8-3-9-15-28/h1-21H,(H,35,37)/b26-20+. The first-order chi connectivity index (χ1) is 18.1. The molecular formula is C32H22ClN3O. The lowest BCUT2D eigenvalue weighted by atomic mass is 10.0. The minimum Gasteiger partial charge on any atom is -0.321 e. The van der Waals surface area contributed by atoms with Crippen molar-refractivity contribution in [1.29, 1.82) is 5.26 Å². The Labute approximate surface area is 220 Å². The normalized spacial score (nSPS) is 11.1. The largest absolute Gasteiger partial charge is 0.321 e. The highest BCUT2D eigenvalue weighted by atomic mass is 35.5. The van der Waals surface area contributed by atoms with E-state index in [1.165, 1.54) is 0 Å². The molecule has 0 unspecified atom stereocenters. The third-order valence-corrected chi connectivity index (χ3v) is 6.18. The van der Waals surface area contributed by atoms with Crippen LogP contribution in [0.5, 0.6) is 0 Å². The minimum atomic E-state index is -0.465. The van der Waals surface area contributed by atoms with Crippen LogP contribution < -0.4 is 5.32 Å². The molecule has 1 amide bonds. The zero-order valence-electron chi connectivity index (χ0n) is 19.8. The number of halogens is 1. The molecule has 37 heavy (non-hydrogen) atoms. The van der Waals surface area contributed by atoms with Crippen molar-refractivity contribution >= 4 is 29.3 Å². The van der Waals surface area contributed by atoms with Crippen molar-refractivity contribution in [3.05, 3.63) is 137 Å². The molecule has 0 bridgehead atoms. The van der Waals surface area contributed by atoms with Gasteiger partial charge in [-0.1, -0.05) is 90.5 Å². The maximum absolute atomic E-state index is 13.0. The van der Waals surface area contributed by atoms with Crippen molar-refractivity contribution in [2.45, 2.75) is 0 Å². The Hall–Kier alpha value is -4.85. The molecule has 0 aliphatic carbocycles. The van der Waals surface area contributed by atoms with Gasteiger partial charge in [0.2, 0.25) is 0 Å². The van der Waals surface area contributed by atoms with Crippen molar-refractivity contribution in [2.75, 3.05) is 5.32 Å². The first-order valence-electron chi connectivity index (χ1n) is 11.7. The van der Waals surface area contributed by atoms with Crippen LogP contribution in [0, 0.1) is 11.3 Å². The van der Waals surface area contributed by atoms with Crippen molar-refractivity contribution in [3.8, 4) is 34.3 Å². The molecule has 0 aliphatic heterocycles. The number of hydrogen-bond donors (Lipinski definition) is 1. The molecule has 5 aromatic rings. The highest BCUT2D eigenvalue weighted by Gasteiger charge is 2.20. The van der Waals surface area contributed by atoms with E-state index in [1.54, 1.807) is 18.2 Å². The molecule has 1 N–H and O–H groups in total. The van der Waals surface area contributed by atoms with E-state index in [2.05, 4.69) is 16.0 Å². The van der Waals surface area contributed by atoms with Gasteiger partial charge in [0.25, 0.3) is 5.91 Å². The van der Waals surface area contributed by atoms with Crippen molar-refractivity contribution in [2.24, 2.45) is 0 Å². The number of carbonyl (C=O) groups is 1. The molecule has 0 saturated heterocycles. The summed E-state index contributed by atoms with van der Waals surface area (Å²) in [7, 11) is 0. The van der Waals surface area contributed by atoms with E-state index in [4.69, 9.17) is 11.6 Å². The molecule has 5 rings (SSSR count). The van der Waals surface area contributed by atoms with Crippen molar-refractivity contribution in [1.82, 2.24) is 4.57 Å². The molecule has 5 heteroatoms. The summed E-state index contributed by atoms with van der Waals surface area (Å²) in [5.74, 6) is -0.465. The Morgan fingerprint density at radius 2 is 1.35 bits per heavy atom. The number of hydrogen-bond acceptors (Lipinski definition) is 2. The number of nitriles is 1. The van der Waals surface area contributed by atoms with Gasteiger partial charge in [-0.15, -0.1) is 0 Å². The first kappa shape index (κ1) is 23.9. The van der Waals surface area contributed by atoms with Gasteiger partial charge in [-0.3, -0.25) is 4.79 Å². The highest BCUT2D eigenvalue weighted by molar-refractivity contribution is 6.30. The summed E-state index contributed by atoms with van der Waals surface area (Å²) in [5, 5.41) is 13.4. The van der Waals surface area contributed by atoms with Gasteiger partial charge >= 0.3 is 0 Å². The second-order valence-electron chi connectivity index (χ2n) is 8.37. The van der Waals surface area contributed by atoms with Crippen LogP contribution in [0.3, 0.4) is 0 Å². The summed E-state index contributed by atoms with van der Waals surface area (Å²) in [6, 6.07) is 40.8. The Morgan fingerprint density at radius 1 is 0.784 bits per heavy atom. The molecule has 0 spiro atoms. The molecule has 0 radical (unpaired) electrons. The second kappa shape index (κ2) is 10.8. The summed E-state index contributed by atoms with van der Waals surface area (Å²) < 4.78 is 2.14. The molecule has 0 aliphatic rings. The smallest absolute Gasteiger partial charge is 0.266 e. The number of aromatic nitrogens is 1. The van der Waals surface area contributed by atoms with Gasteiger partial charge in [-0.2, -0.15) is 5.26 Å². The van der Waals surface area contributed by atoms with Crippen LogP contribution >= 0.6 is 11.6 Å². The number of nitrogens with zero attached hydrogens (tertiary/aromatic N) is 2. The van der Waals surface area contributed by atoms with E-state index < -0.39 is 5.91 Å². The van der Waals surface area contributed by atoms with Gasteiger partial charge in [-0.25, -0.2) is 0 Å². The Kier molecular flexibility index (Phi) is 6.98. The lowest BCUT2D eigenvalue weighted by molar-refractivity contribution is -0.112. The Morgan fingerprint density at radius 3 is 1.95 bits per heavy atom. The van der Waals surface area contributed by atoms with Crippen LogP contribution in [0.4, 0.5) is 5.69 Å². The fourth-order valence-corrected chi connectivity index (χ4v) is 4.36. The van der Waals surface area contributed by atoms with Crippen molar-refractivity contribution < 1.29 is 4.79 Å². The van der Waals surface area contributed by atoms with E-state index in [1.807, 2.05) is 109 Å². The van der Waals surface area contributed by atoms with Crippen molar-refractivity contribution in [3.63, 3.8) is 0 Å². The lowest BCUT2D eigenvalue weighted by Gasteiger charge is -2.15. The van der Waals surface area contributed by atoms with E-state index >= 15 is 0 Å². The average Bonchev–Trinajstić information content (AvgIpc) is 3.32. The van der Waals surface area contributed by atoms with Gasteiger partial charge in [0, 0.05) is 22.0 Å². The molecule has 1 aromatic heterocycles. The monoisotopic (exact) mass is 499 g/mol. The predicted molar refractivity (Wildman–Crippen MR) is 150 cm³/mol. The summed E-state index contributed by atoms with van der Waals surface area (Å²) >= 11 is 6.21. The Bertz CT molecular complexity index is 1600. The van der Waals surface area contributed by atoms with E-state index in [-0.39, 0.29) is 5.57 Å². The van der Waals surface area contributed by atoms with Gasteiger partial charge in [-0.05, 0) is 59.7 Å². The number of amides is 1. The van der Waals surface area contributed by atoms with Gasteiger partial charge in [0.05, 0.1) is 11.4 Å².